The number of rotatable bonds is 1. The fourth-order valence-electron chi connectivity index (χ4n) is 0.545. The highest BCUT2D eigenvalue weighted by Gasteiger charge is 2.04. The van der Waals surface area contributed by atoms with Crippen molar-refractivity contribution in [2.75, 3.05) is 6.26 Å². The van der Waals surface area contributed by atoms with Crippen molar-refractivity contribution in [2.24, 2.45) is 0 Å². The second-order valence-corrected chi connectivity index (χ2v) is 2.82. The molecule has 0 spiro atoms. The zero-order chi connectivity index (χ0) is 7.56. The third-order valence-corrected chi connectivity index (χ3v) is 1.97. The summed E-state index contributed by atoms with van der Waals surface area (Å²) in [5.41, 5.74) is 0. The third kappa shape index (κ3) is 1.41. The standard InChI is InChI=1S/C6H5ClFNS/c1-10-6-5(8)4(7)2-3-9-6/h2-3H,1H3. The van der Waals surface area contributed by atoms with Gasteiger partial charge >= 0.3 is 0 Å². The van der Waals surface area contributed by atoms with Crippen molar-refractivity contribution in [3.63, 3.8) is 0 Å². The Bertz CT molecular complexity index is 241. The molecule has 54 valence electrons. The van der Waals surface area contributed by atoms with E-state index in [1.165, 1.54) is 24.0 Å². The number of aromatic nitrogens is 1. The quantitative estimate of drug-likeness (QED) is 0.612. The highest BCUT2D eigenvalue weighted by Crippen LogP contribution is 2.21. The largest absolute Gasteiger partial charge is 0.247 e. The summed E-state index contributed by atoms with van der Waals surface area (Å²) in [5.74, 6) is -0.434. The van der Waals surface area contributed by atoms with E-state index >= 15 is 0 Å². The van der Waals surface area contributed by atoms with Gasteiger partial charge in [-0.1, -0.05) is 11.6 Å². The Morgan fingerprint density at radius 3 is 2.90 bits per heavy atom. The number of halogens is 2. The Morgan fingerprint density at radius 2 is 2.40 bits per heavy atom. The Labute approximate surface area is 67.6 Å². The topological polar surface area (TPSA) is 12.9 Å². The van der Waals surface area contributed by atoms with Crippen molar-refractivity contribution in [2.45, 2.75) is 5.03 Å². The van der Waals surface area contributed by atoms with Gasteiger partial charge in [0.15, 0.2) is 5.82 Å². The van der Waals surface area contributed by atoms with E-state index in [4.69, 9.17) is 11.6 Å². The van der Waals surface area contributed by atoms with E-state index < -0.39 is 5.82 Å². The van der Waals surface area contributed by atoms with Gasteiger partial charge in [0.25, 0.3) is 0 Å². The molecule has 0 aliphatic heterocycles. The number of thioether (sulfide) groups is 1. The lowest BCUT2D eigenvalue weighted by molar-refractivity contribution is 0.588. The summed E-state index contributed by atoms with van der Waals surface area (Å²) < 4.78 is 12.8. The minimum Gasteiger partial charge on any atom is -0.247 e. The number of nitrogens with zero attached hydrogens (tertiary/aromatic N) is 1. The van der Waals surface area contributed by atoms with Crippen molar-refractivity contribution < 1.29 is 4.39 Å². The van der Waals surface area contributed by atoms with Crippen molar-refractivity contribution in [3.05, 3.63) is 23.1 Å². The lowest BCUT2D eigenvalue weighted by Gasteiger charge is -1.96. The van der Waals surface area contributed by atoms with Gasteiger partial charge in [0.1, 0.15) is 5.03 Å². The highest BCUT2D eigenvalue weighted by molar-refractivity contribution is 7.98. The van der Waals surface area contributed by atoms with Crippen LogP contribution in [-0.4, -0.2) is 11.2 Å². The maximum atomic E-state index is 12.8. The first-order valence-corrected chi connectivity index (χ1v) is 4.20. The lowest BCUT2D eigenvalue weighted by atomic mass is 10.5. The summed E-state index contributed by atoms with van der Waals surface area (Å²) in [6.45, 7) is 0. The average molecular weight is 178 g/mol. The van der Waals surface area contributed by atoms with E-state index in [1.54, 1.807) is 6.26 Å². The number of pyridine rings is 1. The van der Waals surface area contributed by atoms with Crippen LogP contribution in [0.3, 0.4) is 0 Å². The second-order valence-electron chi connectivity index (χ2n) is 1.62. The van der Waals surface area contributed by atoms with Gasteiger partial charge < -0.3 is 0 Å². The summed E-state index contributed by atoms with van der Waals surface area (Å²) in [4.78, 5) is 3.76. The van der Waals surface area contributed by atoms with Gasteiger partial charge in [0, 0.05) is 6.20 Å². The first-order valence-electron chi connectivity index (χ1n) is 2.59. The summed E-state index contributed by atoms with van der Waals surface area (Å²) in [5, 5.41) is 0.465. The SMILES string of the molecule is CSc1nccc(Cl)c1F. The molecule has 0 N–H and O–H groups in total. The van der Waals surface area contributed by atoms with Crippen LogP contribution >= 0.6 is 23.4 Å². The Hall–Kier alpha value is -0.280. The molecule has 0 fully saturated rings. The molecule has 4 heteroatoms. The van der Waals surface area contributed by atoms with Crippen molar-refractivity contribution >= 4 is 23.4 Å². The van der Waals surface area contributed by atoms with Gasteiger partial charge in [0.2, 0.25) is 0 Å². The molecule has 1 aromatic rings. The predicted molar refractivity (Wildman–Crippen MR) is 41.0 cm³/mol. The van der Waals surface area contributed by atoms with E-state index in [0.29, 0.717) is 5.03 Å². The molecule has 1 rings (SSSR count). The smallest absolute Gasteiger partial charge is 0.173 e. The summed E-state index contributed by atoms with van der Waals surface area (Å²) in [6.07, 6.45) is 3.24. The highest BCUT2D eigenvalue weighted by atomic mass is 35.5. The van der Waals surface area contributed by atoms with Crippen LogP contribution in [-0.2, 0) is 0 Å². The monoisotopic (exact) mass is 177 g/mol. The van der Waals surface area contributed by atoms with Crippen LogP contribution in [0.1, 0.15) is 0 Å². The third-order valence-electron chi connectivity index (χ3n) is 1.00. The van der Waals surface area contributed by atoms with Gasteiger partial charge in [0.05, 0.1) is 5.02 Å². The summed E-state index contributed by atoms with van der Waals surface area (Å²) >= 11 is 6.70. The van der Waals surface area contributed by atoms with Crippen LogP contribution in [0.25, 0.3) is 0 Å². The predicted octanol–water partition coefficient (Wildman–Crippen LogP) is 2.60. The molecule has 0 aliphatic rings. The molecule has 0 amide bonds. The molecule has 1 heterocycles. The molecule has 0 bridgehead atoms. The molecular weight excluding hydrogens is 173 g/mol. The number of hydrogen-bond acceptors (Lipinski definition) is 2. The van der Waals surface area contributed by atoms with E-state index in [1.807, 2.05) is 0 Å². The molecule has 0 aliphatic carbocycles. The van der Waals surface area contributed by atoms with Crippen LogP contribution in [0, 0.1) is 5.82 Å². The maximum Gasteiger partial charge on any atom is 0.173 e. The van der Waals surface area contributed by atoms with Crippen molar-refractivity contribution in [1.82, 2.24) is 4.98 Å². The molecule has 1 nitrogen and oxygen atoms in total. The Balaban J connectivity index is 3.14. The van der Waals surface area contributed by atoms with Gasteiger partial charge in [-0.2, -0.15) is 0 Å². The molecule has 0 atom stereocenters. The maximum absolute atomic E-state index is 12.8. The first kappa shape index (κ1) is 7.82. The van der Waals surface area contributed by atoms with Gasteiger partial charge in [-0.15, -0.1) is 11.8 Å². The van der Waals surface area contributed by atoms with E-state index in [2.05, 4.69) is 4.98 Å². The number of hydrogen-bond donors (Lipinski definition) is 0. The summed E-state index contributed by atoms with van der Waals surface area (Å²) in [6, 6.07) is 1.43. The van der Waals surface area contributed by atoms with Crippen molar-refractivity contribution in [1.29, 1.82) is 0 Å². The Morgan fingerprint density at radius 1 is 1.70 bits per heavy atom. The lowest BCUT2D eigenvalue weighted by Crippen LogP contribution is -1.85. The van der Waals surface area contributed by atoms with E-state index in [9.17, 15) is 4.39 Å². The molecule has 10 heavy (non-hydrogen) atoms. The van der Waals surface area contributed by atoms with Crippen LogP contribution in [0.4, 0.5) is 4.39 Å². The fraction of sp³-hybridized carbons (Fsp3) is 0.167. The van der Waals surface area contributed by atoms with Crippen LogP contribution < -0.4 is 0 Å². The van der Waals surface area contributed by atoms with Gasteiger partial charge in [-0.05, 0) is 12.3 Å². The van der Waals surface area contributed by atoms with Gasteiger partial charge in [-0.25, -0.2) is 9.37 Å². The Kier molecular flexibility index (Phi) is 2.51. The molecule has 0 saturated carbocycles. The van der Waals surface area contributed by atoms with Crippen LogP contribution in [0.15, 0.2) is 17.3 Å². The van der Waals surface area contributed by atoms with Crippen molar-refractivity contribution in [3.8, 4) is 0 Å². The second kappa shape index (κ2) is 3.21. The van der Waals surface area contributed by atoms with Crippen LogP contribution in [0.5, 0.6) is 0 Å². The molecule has 0 unspecified atom stereocenters. The molecule has 0 saturated heterocycles. The minimum atomic E-state index is -0.434. The summed E-state index contributed by atoms with van der Waals surface area (Å²) in [7, 11) is 0. The van der Waals surface area contributed by atoms with Gasteiger partial charge in [-0.3, -0.25) is 0 Å². The normalized spacial score (nSPS) is 9.90. The molecule has 0 aromatic carbocycles. The average Bonchev–Trinajstić information content (AvgIpc) is 1.95. The minimum absolute atomic E-state index is 0.124. The zero-order valence-electron chi connectivity index (χ0n) is 5.27. The molecule has 0 radical (unpaired) electrons. The molecule has 1 aromatic heterocycles. The van der Waals surface area contributed by atoms with E-state index in [0.717, 1.165) is 0 Å². The first-order chi connectivity index (χ1) is 4.75. The zero-order valence-corrected chi connectivity index (χ0v) is 6.84. The fourth-order valence-corrected chi connectivity index (χ4v) is 1.20. The van der Waals surface area contributed by atoms with Crippen LogP contribution in [0.2, 0.25) is 5.02 Å². The molecular formula is C6H5ClFNS. The van der Waals surface area contributed by atoms with E-state index in [-0.39, 0.29) is 5.02 Å².